The first-order chi connectivity index (χ1) is 8.24. The Morgan fingerprint density at radius 2 is 1.76 bits per heavy atom. The first-order valence-electron chi connectivity index (χ1n) is 5.21. The van der Waals surface area contributed by atoms with Crippen LogP contribution in [0.3, 0.4) is 0 Å². The van der Waals surface area contributed by atoms with E-state index in [0.29, 0.717) is 10.6 Å². The molecule has 0 amide bonds. The molecule has 0 unspecified atom stereocenters. The number of anilines is 2. The van der Waals surface area contributed by atoms with Crippen molar-refractivity contribution in [3.05, 3.63) is 59.1 Å². The van der Waals surface area contributed by atoms with Crippen LogP contribution in [0, 0.1) is 11.3 Å². The molecule has 3 heteroatoms. The molecule has 0 aliphatic rings. The highest BCUT2D eigenvalue weighted by Crippen LogP contribution is 2.30. The van der Waals surface area contributed by atoms with E-state index in [9.17, 15) is 0 Å². The van der Waals surface area contributed by atoms with Gasteiger partial charge in [-0.05, 0) is 24.3 Å². The number of rotatable bonds is 2. The predicted molar refractivity (Wildman–Crippen MR) is 70.7 cm³/mol. The van der Waals surface area contributed by atoms with Crippen molar-refractivity contribution in [3.63, 3.8) is 0 Å². The van der Waals surface area contributed by atoms with Gasteiger partial charge in [0.05, 0.1) is 16.3 Å². The van der Waals surface area contributed by atoms with Crippen molar-refractivity contribution in [2.45, 2.75) is 0 Å². The lowest BCUT2D eigenvalue weighted by atomic mass is 10.1. The second-order valence-electron chi connectivity index (χ2n) is 3.64. The minimum Gasteiger partial charge on any atom is -0.344 e. The van der Waals surface area contributed by atoms with Crippen LogP contribution in [-0.2, 0) is 0 Å². The highest BCUT2D eigenvalue weighted by Gasteiger charge is 2.11. The molecule has 0 bridgehead atoms. The van der Waals surface area contributed by atoms with Crippen molar-refractivity contribution < 1.29 is 0 Å². The normalized spacial score (nSPS) is 9.71. The number of halogens is 1. The molecular formula is C14H11ClN2. The molecule has 17 heavy (non-hydrogen) atoms. The summed E-state index contributed by atoms with van der Waals surface area (Å²) in [6.07, 6.45) is 0. The van der Waals surface area contributed by atoms with Gasteiger partial charge < -0.3 is 4.90 Å². The van der Waals surface area contributed by atoms with E-state index in [1.165, 1.54) is 0 Å². The van der Waals surface area contributed by atoms with Crippen molar-refractivity contribution in [2.24, 2.45) is 0 Å². The number of para-hydroxylation sites is 1. The van der Waals surface area contributed by atoms with E-state index >= 15 is 0 Å². The lowest BCUT2D eigenvalue weighted by Gasteiger charge is -2.20. The molecule has 0 heterocycles. The van der Waals surface area contributed by atoms with Gasteiger partial charge in [-0.2, -0.15) is 5.26 Å². The molecule has 0 atom stereocenters. The number of hydrogen-bond donors (Lipinski definition) is 0. The average molecular weight is 243 g/mol. The van der Waals surface area contributed by atoms with Gasteiger partial charge in [0.2, 0.25) is 0 Å². The van der Waals surface area contributed by atoms with Crippen molar-refractivity contribution in [3.8, 4) is 6.07 Å². The Bertz CT molecular complexity index is 558. The van der Waals surface area contributed by atoms with Gasteiger partial charge in [0.15, 0.2) is 0 Å². The molecule has 0 aliphatic heterocycles. The van der Waals surface area contributed by atoms with Crippen molar-refractivity contribution >= 4 is 23.0 Å². The third-order valence-corrected chi connectivity index (χ3v) is 2.92. The molecule has 0 fully saturated rings. The van der Waals surface area contributed by atoms with E-state index in [2.05, 4.69) is 6.07 Å². The molecule has 2 rings (SSSR count). The largest absolute Gasteiger partial charge is 0.344 e. The van der Waals surface area contributed by atoms with Crippen molar-refractivity contribution in [1.29, 1.82) is 5.26 Å². The smallest absolute Gasteiger partial charge is 0.103 e. The van der Waals surface area contributed by atoms with Gasteiger partial charge >= 0.3 is 0 Å². The van der Waals surface area contributed by atoms with Gasteiger partial charge in [0.25, 0.3) is 0 Å². The Hall–Kier alpha value is -1.98. The summed E-state index contributed by atoms with van der Waals surface area (Å²) in [5.41, 5.74) is 2.33. The van der Waals surface area contributed by atoms with Crippen LogP contribution in [0.2, 0.25) is 5.02 Å². The summed E-state index contributed by atoms with van der Waals surface area (Å²) in [6, 6.07) is 17.5. The molecule has 2 aromatic rings. The molecule has 0 spiro atoms. The lowest BCUT2D eigenvalue weighted by molar-refractivity contribution is 1.20. The van der Waals surface area contributed by atoms with Crippen LogP contribution in [-0.4, -0.2) is 7.05 Å². The third-order valence-electron chi connectivity index (χ3n) is 2.61. The number of hydrogen-bond acceptors (Lipinski definition) is 2. The average Bonchev–Trinajstić information content (AvgIpc) is 2.38. The summed E-state index contributed by atoms with van der Waals surface area (Å²) in [7, 11) is 1.92. The van der Waals surface area contributed by atoms with Crippen LogP contribution in [0.5, 0.6) is 0 Å². The second-order valence-corrected chi connectivity index (χ2v) is 4.05. The van der Waals surface area contributed by atoms with Crippen molar-refractivity contribution in [1.82, 2.24) is 0 Å². The van der Waals surface area contributed by atoms with E-state index in [4.69, 9.17) is 16.9 Å². The Morgan fingerprint density at radius 1 is 1.06 bits per heavy atom. The second kappa shape index (κ2) is 4.90. The fourth-order valence-corrected chi connectivity index (χ4v) is 1.91. The monoisotopic (exact) mass is 242 g/mol. The zero-order valence-electron chi connectivity index (χ0n) is 9.39. The van der Waals surface area contributed by atoms with Crippen LogP contribution in [0.4, 0.5) is 11.4 Å². The first kappa shape index (κ1) is 11.5. The Balaban J connectivity index is 2.49. The zero-order valence-corrected chi connectivity index (χ0v) is 10.1. The molecule has 0 saturated heterocycles. The van der Waals surface area contributed by atoms with Crippen LogP contribution < -0.4 is 4.90 Å². The molecule has 0 radical (unpaired) electrons. The van der Waals surface area contributed by atoms with Crippen LogP contribution in [0.25, 0.3) is 0 Å². The Kier molecular flexibility index (Phi) is 3.32. The van der Waals surface area contributed by atoms with E-state index in [0.717, 1.165) is 11.4 Å². The highest BCUT2D eigenvalue weighted by molar-refractivity contribution is 6.32. The standard InChI is InChI=1S/C14H11ClN2/c1-17(11-6-3-2-4-7-11)14-9-5-8-13(15)12(14)10-16/h2-9H,1H3. The summed E-state index contributed by atoms with van der Waals surface area (Å²) in [4.78, 5) is 1.95. The topological polar surface area (TPSA) is 27.0 Å². The SMILES string of the molecule is CN(c1ccccc1)c1cccc(Cl)c1C#N. The summed E-state index contributed by atoms with van der Waals surface area (Å²) >= 11 is 6.01. The number of nitriles is 1. The van der Waals surface area contributed by atoms with Crippen LogP contribution >= 0.6 is 11.6 Å². The number of nitrogens with zero attached hydrogens (tertiary/aromatic N) is 2. The summed E-state index contributed by atoms with van der Waals surface area (Å²) in [5.74, 6) is 0. The Labute approximate surface area is 106 Å². The summed E-state index contributed by atoms with van der Waals surface area (Å²) < 4.78 is 0. The van der Waals surface area contributed by atoms with E-state index < -0.39 is 0 Å². The fraction of sp³-hybridized carbons (Fsp3) is 0.0714. The molecule has 2 aromatic carbocycles. The summed E-state index contributed by atoms with van der Waals surface area (Å²) in [5, 5.41) is 9.61. The maximum atomic E-state index is 9.13. The molecule has 0 aliphatic carbocycles. The van der Waals surface area contributed by atoms with Gasteiger partial charge in [-0.15, -0.1) is 0 Å². The first-order valence-corrected chi connectivity index (χ1v) is 5.59. The fourth-order valence-electron chi connectivity index (χ4n) is 1.69. The van der Waals surface area contributed by atoms with E-state index in [1.807, 2.05) is 54.4 Å². The van der Waals surface area contributed by atoms with Gasteiger partial charge in [0, 0.05) is 12.7 Å². The maximum Gasteiger partial charge on any atom is 0.103 e. The van der Waals surface area contributed by atoms with Gasteiger partial charge in [-0.3, -0.25) is 0 Å². The third kappa shape index (κ3) is 2.25. The molecule has 2 nitrogen and oxygen atoms in total. The summed E-state index contributed by atoms with van der Waals surface area (Å²) in [6.45, 7) is 0. The molecule has 0 N–H and O–H groups in total. The van der Waals surface area contributed by atoms with E-state index in [1.54, 1.807) is 6.07 Å². The predicted octanol–water partition coefficient (Wildman–Crippen LogP) is 3.98. The molecule has 0 saturated carbocycles. The maximum absolute atomic E-state index is 9.13. The highest BCUT2D eigenvalue weighted by atomic mass is 35.5. The molecular weight excluding hydrogens is 232 g/mol. The van der Waals surface area contributed by atoms with Crippen molar-refractivity contribution in [2.75, 3.05) is 11.9 Å². The van der Waals surface area contributed by atoms with Crippen LogP contribution in [0.15, 0.2) is 48.5 Å². The quantitative estimate of drug-likeness (QED) is 0.797. The molecule has 0 aromatic heterocycles. The number of benzene rings is 2. The zero-order chi connectivity index (χ0) is 12.3. The van der Waals surface area contributed by atoms with Crippen LogP contribution in [0.1, 0.15) is 5.56 Å². The Morgan fingerprint density at radius 3 is 2.41 bits per heavy atom. The lowest BCUT2D eigenvalue weighted by Crippen LogP contribution is -2.10. The van der Waals surface area contributed by atoms with Gasteiger partial charge in [0.1, 0.15) is 6.07 Å². The van der Waals surface area contributed by atoms with E-state index in [-0.39, 0.29) is 0 Å². The van der Waals surface area contributed by atoms with Gasteiger partial charge in [-0.25, -0.2) is 0 Å². The minimum absolute atomic E-state index is 0.479. The molecule has 84 valence electrons. The van der Waals surface area contributed by atoms with Gasteiger partial charge in [-0.1, -0.05) is 35.9 Å². The minimum atomic E-state index is 0.479.